The fourth-order valence-corrected chi connectivity index (χ4v) is 2.23. The molecule has 1 aliphatic carbocycles. The summed E-state index contributed by atoms with van der Waals surface area (Å²) >= 11 is 0. The van der Waals surface area contributed by atoms with Crippen LogP contribution in [0.1, 0.15) is 32.1 Å². The molecular weight excluding hydrogens is 134 g/mol. The molecule has 0 aromatic carbocycles. The molecule has 1 heterocycles. The molecule has 2 rings (SSSR count). The Hall–Kier alpha value is -0.300. The molecule has 1 fully saturated rings. The number of hydrogen-bond acceptors (Lipinski definition) is 1. The van der Waals surface area contributed by atoms with Crippen molar-refractivity contribution in [2.75, 3.05) is 13.1 Å². The Morgan fingerprint density at radius 1 is 1.36 bits per heavy atom. The fraction of sp³-hybridized carbons (Fsp3) is 0.800. The Labute approximate surface area is 68.9 Å². The Bertz CT molecular complexity index is 154. The van der Waals surface area contributed by atoms with Gasteiger partial charge in [0, 0.05) is 6.54 Å². The summed E-state index contributed by atoms with van der Waals surface area (Å²) in [6, 6.07) is 0. The first-order valence-corrected chi connectivity index (χ1v) is 4.86. The molecule has 1 heteroatoms. The molecule has 11 heavy (non-hydrogen) atoms. The third-order valence-electron chi connectivity index (χ3n) is 2.90. The minimum absolute atomic E-state index is 0.895. The third-order valence-corrected chi connectivity index (χ3v) is 2.90. The summed E-state index contributed by atoms with van der Waals surface area (Å²) in [5.74, 6) is 0.895. The summed E-state index contributed by atoms with van der Waals surface area (Å²) in [4.78, 5) is 0. The van der Waals surface area contributed by atoms with Gasteiger partial charge in [0.05, 0.1) is 0 Å². The molecule has 0 saturated carbocycles. The van der Waals surface area contributed by atoms with Crippen LogP contribution >= 0.6 is 0 Å². The van der Waals surface area contributed by atoms with Gasteiger partial charge >= 0.3 is 0 Å². The minimum atomic E-state index is 0.895. The molecule has 1 nitrogen and oxygen atoms in total. The first kappa shape index (κ1) is 7.35. The van der Waals surface area contributed by atoms with Gasteiger partial charge in [0.25, 0.3) is 0 Å². The van der Waals surface area contributed by atoms with Gasteiger partial charge in [-0.15, -0.1) is 0 Å². The SMILES string of the molecule is C1=C(C2CCCNC2)CCC1. The summed E-state index contributed by atoms with van der Waals surface area (Å²) < 4.78 is 0. The highest BCUT2D eigenvalue weighted by Crippen LogP contribution is 2.28. The molecule has 62 valence electrons. The van der Waals surface area contributed by atoms with Crippen LogP contribution in [-0.4, -0.2) is 13.1 Å². The molecule has 0 spiro atoms. The van der Waals surface area contributed by atoms with Crippen molar-refractivity contribution in [2.24, 2.45) is 5.92 Å². The molecule has 1 aliphatic heterocycles. The second kappa shape index (κ2) is 3.40. The van der Waals surface area contributed by atoms with Crippen molar-refractivity contribution in [3.63, 3.8) is 0 Å². The van der Waals surface area contributed by atoms with E-state index >= 15 is 0 Å². The lowest BCUT2D eigenvalue weighted by molar-refractivity contribution is 0.416. The van der Waals surface area contributed by atoms with Crippen LogP contribution in [-0.2, 0) is 0 Å². The van der Waals surface area contributed by atoms with Gasteiger partial charge in [-0.2, -0.15) is 0 Å². The van der Waals surface area contributed by atoms with Crippen LogP contribution in [0.4, 0.5) is 0 Å². The van der Waals surface area contributed by atoms with Gasteiger partial charge in [-0.05, 0) is 44.6 Å². The van der Waals surface area contributed by atoms with E-state index in [1.165, 1.54) is 45.2 Å². The highest BCUT2D eigenvalue weighted by molar-refractivity contribution is 5.12. The number of allylic oxidation sites excluding steroid dienone is 1. The molecule has 0 radical (unpaired) electrons. The summed E-state index contributed by atoms with van der Waals surface area (Å²) in [5.41, 5.74) is 1.75. The van der Waals surface area contributed by atoms with Crippen LogP contribution in [0, 0.1) is 5.92 Å². The molecule has 0 aromatic heterocycles. The summed E-state index contributed by atoms with van der Waals surface area (Å²) in [5, 5.41) is 3.47. The lowest BCUT2D eigenvalue weighted by atomic mass is 9.91. The van der Waals surface area contributed by atoms with Crippen LogP contribution in [0.5, 0.6) is 0 Å². The standard InChI is InChI=1S/C10H17N/c1-2-5-9(4-1)10-6-3-7-11-8-10/h4,10-11H,1-3,5-8H2. The normalized spacial score (nSPS) is 32.0. The van der Waals surface area contributed by atoms with Gasteiger partial charge in [0.2, 0.25) is 0 Å². The zero-order chi connectivity index (χ0) is 7.52. The first-order chi connectivity index (χ1) is 5.47. The summed E-state index contributed by atoms with van der Waals surface area (Å²) in [6.45, 7) is 2.48. The van der Waals surface area contributed by atoms with Crippen molar-refractivity contribution in [3.05, 3.63) is 11.6 Å². The van der Waals surface area contributed by atoms with E-state index in [0.29, 0.717) is 0 Å². The zero-order valence-corrected chi connectivity index (χ0v) is 7.10. The van der Waals surface area contributed by atoms with Crippen LogP contribution in [0.3, 0.4) is 0 Å². The lowest BCUT2D eigenvalue weighted by Crippen LogP contribution is -2.30. The number of hydrogen-bond donors (Lipinski definition) is 1. The molecule has 0 amide bonds. The Kier molecular flexibility index (Phi) is 2.27. The predicted octanol–water partition coefficient (Wildman–Crippen LogP) is 2.10. The van der Waals surface area contributed by atoms with Gasteiger partial charge in [-0.3, -0.25) is 0 Å². The lowest BCUT2D eigenvalue weighted by Gasteiger charge is -2.23. The monoisotopic (exact) mass is 151 g/mol. The van der Waals surface area contributed by atoms with Crippen LogP contribution in [0.2, 0.25) is 0 Å². The smallest absolute Gasteiger partial charge is 0.00169 e. The van der Waals surface area contributed by atoms with Gasteiger partial charge in [-0.25, -0.2) is 0 Å². The number of nitrogens with one attached hydrogen (secondary N) is 1. The molecule has 1 N–H and O–H groups in total. The van der Waals surface area contributed by atoms with E-state index in [4.69, 9.17) is 0 Å². The zero-order valence-electron chi connectivity index (χ0n) is 7.10. The molecule has 0 aromatic rings. The summed E-state index contributed by atoms with van der Waals surface area (Å²) in [6.07, 6.45) is 9.41. The third kappa shape index (κ3) is 1.64. The van der Waals surface area contributed by atoms with E-state index < -0.39 is 0 Å². The fourth-order valence-electron chi connectivity index (χ4n) is 2.23. The molecule has 1 saturated heterocycles. The van der Waals surface area contributed by atoms with Crippen LogP contribution in [0.25, 0.3) is 0 Å². The Balaban J connectivity index is 1.92. The van der Waals surface area contributed by atoms with E-state index in [1.807, 2.05) is 0 Å². The quantitative estimate of drug-likeness (QED) is 0.566. The number of piperidine rings is 1. The highest BCUT2D eigenvalue weighted by atomic mass is 14.9. The summed E-state index contributed by atoms with van der Waals surface area (Å²) in [7, 11) is 0. The van der Waals surface area contributed by atoms with Crippen LogP contribution in [0.15, 0.2) is 11.6 Å². The maximum atomic E-state index is 3.47. The largest absolute Gasteiger partial charge is 0.316 e. The minimum Gasteiger partial charge on any atom is -0.316 e. The Morgan fingerprint density at radius 2 is 2.36 bits per heavy atom. The second-order valence-electron chi connectivity index (χ2n) is 3.71. The van der Waals surface area contributed by atoms with E-state index in [0.717, 1.165) is 5.92 Å². The van der Waals surface area contributed by atoms with E-state index in [1.54, 1.807) is 5.57 Å². The first-order valence-electron chi connectivity index (χ1n) is 4.86. The van der Waals surface area contributed by atoms with Crippen molar-refractivity contribution >= 4 is 0 Å². The average Bonchev–Trinajstić information content (AvgIpc) is 2.58. The van der Waals surface area contributed by atoms with Gasteiger partial charge in [0.1, 0.15) is 0 Å². The topological polar surface area (TPSA) is 12.0 Å². The van der Waals surface area contributed by atoms with Crippen molar-refractivity contribution in [1.82, 2.24) is 5.32 Å². The molecule has 1 unspecified atom stereocenters. The maximum absolute atomic E-state index is 3.47. The average molecular weight is 151 g/mol. The maximum Gasteiger partial charge on any atom is 0.00169 e. The highest BCUT2D eigenvalue weighted by Gasteiger charge is 2.18. The van der Waals surface area contributed by atoms with Crippen molar-refractivity contribution < 1.29 is 0 Å². The molecule has 2 aliphatic rings. The molecule has 1 atom stereocenters. The van der Waals surface area contributed by atoms with Crippen LogP contribution < -0.4 is 5.32 Å². The molecule has 0 bridgehead atoms. The van der Waals surface area contributed by atoms with E-state index in [-0.39, 0.29) is 0 Å². The van der Waals surface area contributed by atoms with E-state index in [9.17, 15) is 0 Å². The van der Waals surface area contributed by atoms with Gasteiger partial charge in [-0.1, -0.05) is 11.6 Å². The van der Waals surface area contributed by atoms with E-state index in [2.05, 4.69) is 11.4 Å². The van der Waals surface area contributed by atoms with Crippen molar-refractivity contribution in [3.8, 4) is 0 Å². The predicted molar refractivity (Wildman–Crippen MR) is 47.5 cm³/mol. The van der Waals surface area contributed by atoms with Gasteiger partial charge < -0.3 is 5.32 Å². The Morgan fingerprint density at radius 3 is 3.00 bits per heavy atom. The van der Waals surface area contributed by atoms with Gasteiger partial charge in [0.15, 0.2) is 0 Å². The van der Waals surface area contributed by atoms with Crippen molar-refractivity contribution in [1.29, 1.82) is 0 Å². The van der Waals surface area contributed by atoms with Crippen molar-refractivity contribution in [2.45, 2.75) is 32.1 Å². The number of rotatable bonds is 1. The second-order valence-corrected chi connectivity index (χ2v) is 3.71. The molecular formula is C10H17N.